The van der Waals surface area contributed by atoms with Crippen LogP contribution in [0.1, 0.15) is 104 Å². The first-order valence-corrected chi connectivity index (χ1v) is 13.7. The molecule has 4 heteroatoms. The molecule has 0 fully saturated rings. The number of ketones is 1. The van der Waals surface area contributed by atoms with E-state index in [9.17, 15) is 9.18 Å². The second-order valence-electron chi connectivity index (χ2n) is 8.99. The zero-order valence-electron chi connectivity index (χ0n) is 22.5. The topological polar surface area (TPSA) is 29.1 Å². The lowest BCUT2D eigenvalue weighted by Crippen LogP contribution is -2.19. The largest absolute Gasteiger partial charge is 0.385 e. The van der Waals surface area contributed by atoms with Crippen molar-refractivity contribution in [2.45, 2.75) is 98.8 Å². The van der Waals surface area contributed by atoms with Gasteiger partial charge in [-0.25, -0.2) is 4.39 Å². The van der Waals surface area contributed by atoms with Gasteiger partial charge in [-0.15, -0.1) is 9.24 Å². The van der Waals surface area contributed by atoms with Crippen LogP contribution in [0.3, 0.4) is 0 Å². The molecule has 0 saturated heterocycles. The molecule has 0 aromatic heterocycles. The van der Waals surface area contributed by atoms with Crippen molar-refractivity contribution in [3.63, 3.8) is 0 Å². The molecule has 0 bridgehead atoms. The molecule has 1 aromatic rings. The summed E-state index contributed by atoms with van der Waals surface area (Å²) in [6, 6.07) is 5.15. The quantitative estimate of drug-likeness (QED) is 0.198. The van der Waals surface area contributed by atoms with Crippen LogP contribution < -0.4 is 10.6 Å². The normalized spacial score (nSPS) is 13.6. The van der Waals surface area contributed by atoms with E-state index in [1.165, 1.54) is 24.6 Å². The van der Waals surface area contributed by atoms with E-state index >= 15 is 0 Å². The summed E-state index contributed by atoms with van der Waals surface area (Å²) < 4.78 is 13.2. The van der Waals surface area contributed by atoms with Crippen molar-refractivity contribution in [2.75, 3.05) is 6.54 Å². The van der Waals surface area contributed by atoms with E-state index in [4.69, 9.17) is 0 Å². The number of carbonyl (C=O) groups excluding carboxylic acids is 1. The third-order valence-corrected chi connectivity index (χ3v) is 6.00. The van der Waals surface area contributed by atoms with Crippen molar-refractivity contribution in [3.8, 4) is 0 Å². The lowest BCUT2D eigenvalue weighted by molar-refractivity contribution is -0.119. The van der Waals surface area contributed by atoms with Crippen LogP contribution in [0, 0.1) is 11.7 Å². The van der Waals surface area contributed by atoms with Gasteiger partial charge in [0.05, 0.1) is 0 Å². The van der Waals surface area contributed by atoms with Gasteiger partial charge in [-0.1, -0.05) is 71.8 Å². The molecule has 1 rings (SSSR count). The molecule has 2 nitrogen and oxygen atoms in total. The average Bonchev–Trinajstić information content (AvgIpc) is 2.80. The van der Waals surface area contributed by atoms with E-state index in [-0.39, 0.29) is 11.7 Å². The molecule has 34 heavy (non-hydrogen) atoms. The Morgan fingerprint density at radius 3 is 2.38 bits per heavy atom. The fraction of sp³-hybridized carbons (Fsp3) is 0.567. The Kier molecular flexibility index (Phi) is 19.6. The molecule has 0 radical (unpaired) electrons. The van der Waals surface area contributed by atoms with Crippen LogP contribution in [0.5, 0.6) is 0 Å². The lowest BCUT2D eigenvalue weighted by Gasteiger charge is -2.16. The zero-order valence-corrected chi connectivity index (χ0v) is 23.7. The smallest absolute Gasteiger partial charge is 0.133 e. The standard InChI is InChI=1S/C15H22FOP.C15H27N/c1-3-5-11(9-13(17)6-4-2)12-7-8-14(16)15(18)10-12;1-5-8-9-12-15(11-7-3)16-13-14(4)10-6-2/h7-8,10-11H,3-6,9,18H2,1-2H3;7-9,11-12,14,16H,5-6,10,13H2,1-4H3/b;9-8+,11-7-,15-12+. The molecule has 0 aliphatic rings. The molecule has 0 spiro atoms. The number of hydrogen-bond donors (Lipinski definition) is 1. The number of hydrogen-bond acceptors (Lipinski definition) is 2. The average molecular weight is 490 g/mol. The molecule has 1 N–H and O–H groups in total. The van der Waals surface area contributed by atoms with Crippen LogP contribution in [0.25, 0.3) is 0 Å². The molecule has 0 amide bonds. The Balaban J connectivity index is 0.000000646. The highest BCUT2D eigenvalue weighted by Gasteiger charge is 2.15. The third-order valence-electron chi connectivity index (χ3n) is 5.56. The second-order valence-corrected chi connectivity index (χ2v) is 9.61. The molecule has 0 aliphatic carbocycles. The van der Waals surface area contributed by atoms with Crippen LogP contribution in [0.15, 0.2) is 54.3 Å². The summed E-state index contributed by atoms with van der Waals surface area (Å²) in [5.74, 6) is 1.08. The second kappa shape index (κ2) is 20.6. The highest BCUT2D eigenvalue weighted by atomic mass is 31.0. The predicted octanol–water partition coefficient (Wildman–Crippen LogP) is 8.41. The third kappa shape index (κ3) is 15.2. The first kappa shape index (κ1) is 32.3. The fourth-order valence-corrected chi connectivity index (χ4v) is 4.04. The number of Topliss-reactive ketones (excluding diaryl/α,β-unsaturated/α-hetero) is 1. The molecule has 3 unspecified atom stereocenters. The number of rotatable bonds is 15. The van der Waals surface area contributed by atoms with Crippen LogP contribution in [-0.2, 0) is 4.79 Å². The van der Waals surface area contributed by atoms with Crippen molar-refractivity contribution in [1.82, 2.24) is 5.32 Å². The lowest BCUT2D eigenvalue weighted by atomic mass is 9.89. The summed E-state index contributed by atoms with van der Waals surface area (Å²) in [6.45, 7) is 13.9. The SMILES string of the molecule is CCCC(=O)CC(CCC)c1ccc(F)c(P)c1.C\C=C/C(=C\C=C\CC)NCC(C)CCC. The minimum absolute atomic E-state index is 0.209. The molecule has 1 aromatic carbocycles. The summed E-state index contributed by atoms with van der Waals surface area (Å²) in [4.78, 5) is 11.8. The summed E-state index contributed by atoms with van der Waals surface area (Å²) in [6.07, 6.45) is 18.4. The summed E-state index contributed by atoms with van der Waals surface area (Å²) in [5, 5.41) is 4.07. The maximum atomic E-state index is 13.2. The van der Waals surface area contributed by atoms with Gasteiger partial charge in [0.2, 0.25) is 0 Å². The minimum atomic E-state index is -0.209. The number of benzene rings is 1. The summed E-state index contributed by atoms with van der Waals surface area (Å²) in [5.41, 5.74) is 2.28. The fourth-order valence-electron chi connectivity index (χ4n) is 3.75. The van der Waals surface area contributed by atoms with E-state index in [0.717, 1.165) is 43.7 Å². The van der Waals surface area contributed by atoms with Gasteiger partial charge in [0.15, 0.2) is 0 Å². The van der Waals surface area contributed by atoms with Gasteiger partial charge >= 0.3 is 0 Å². The van der Waals surface area contributed by atoms with Crippen LogP contribution in [-0.4, -0.2) is 12.3 Å². The van der Waals surface area contributed by atoms with Crippen molar-refractivity contribution < 1.29 is 9.18 Å². The van der Waals surface area contributed by atoms with Crippen molar-refractivity contribution in [2.24, 2.45) is 5.92 Å². The van der Waals surface area contributed by atoms with Crippen molar-refractivity contribution >= 4 is 20.3 Å². The minimum Gasteiger partial charge on any atom is -0.385 e. The van der Waals surface area contributed by atoms with E-state index in [1.807, 2.05) is 19.1 Å². The molecule has 192 valence electrons. The molecular weight excluding hydrogens is 440 g/mol. The number of allylic oxidation sites excluding steroid dienone is 5. The highest BCUT2D eigenvalue weighted by Crippen LogP contribution is 2.26. The Labute approximate surface area is 211 Å². The maximum Gasteiger partial charge on any atom is 0.133 e. The Bertz CT molecular complexity index is 769. The number of carbonyl (C=O) groups is 1. The molecular formula is C30H49FNOP. The Morgan fingerprint density at radius 2 is 1.82 bits per heavy atom. The molecule has 0 saturated carbocycles. The number of nitrogens with one attached hydrogen (secondary N) is 1. The van der Waals surface area contributed by atoms with E-state index in [2.05, 4.69) is 79.6 Å². The highest BCUT2D eigenvalue weighted by molar-refractivity contribution is 7.27. The molecule has 0 heterocycles. The summed E-state index contributed by atoms with van der Waals surface area (Å²) >= 11 is 0. The monoisotopic (exact) mass is 489 g/mol. The number of halogens is 1. The van der Waals surface area contributed by atoms with Gasteiger partial charge in [-0.3, -0.25) is 4.79 Å². The van der Waals surface area contributed by atoms with Crippen LogP contribution >= 0.6 is 9.24 Å². The van der Waals surface area contributed by atoms with Gasteiger partial charge in [0, 0.05) is 30.4 Å². The van der Waals surface area contributed by atoms with Crippen molar-refractivity contribution in [3.05, 3.63) is 65.7 Å². The Morgan fingerprint density at radius 1 is 1.12 bits per heavy atom. The molecule has 0 aliphatic heterocycles. The van der Waals surface area contributed by atoms with E-state index in [0.29, 0.717) is 23.9 Å². The maximum absolute atomic E-state index is 13.2. The first-order chi connectivity index (χ1) is 16.3. The first-order valence-electron chi connectivity index (χ1n) is 13.1. The van der Waals surface area contributed by atoms with Crippen LogP contribution in [0.2, 0.25) is 0 Å². The van der Waals surface area contributed by atoms with Gasteiger partial charge < -0.3 is 5.32 Å². The van der Waals surface area contributed by atoms with E-state index in [1.54, 1.807) is 0 Å². The predicted molar refractivity (Wildman–Crippen MR) is 152 cm³/mol. The van der Waals surface area contributed by atoms with E-state index < -0.39 is 0 Å². The summed E-state index contributed by atoms with van der Waals surface area (Å²) in [7, 11) is 2.41. The van der Waals surface area contributed by atoms with Gasteiger partial charge in [-0.2, -0.15) is 0 Å². The van der Waals surface area contributed by atoms with Gasteiger partial charge in [0.25, 0.3) is 0 Å². The molecule has 3 atom stereocenters. The van der Waals surface area contributed by atoms with Gasteiger partial charge in [0.1, 0.15) is 11.6 Å². The zero-order chi connectivity index (χ0) is 25.8. The Hall–Kier alpha value is -1.73. The van der Waals surface area contributed by atoms with Gasteiger partial charge in [-0.05, 0) is 74.3 Å². The van der Waals surface area contributed by atoms with Crippen LogP contribution in [0.4, 0.5) is 4.39 Å². The van der Waals surface area contributed by atoms with Crippen molar-refractivity contribution in [1.29, 1.82) is 0 Å².